The molecule has 2 amide bonds. The minimum absolute atomic E-state index is 0.225. The Balaban J connectivity index is 1.47. The first-order chi connectivity index (χ1) is 17.4. The number of halogens is 1. The third-order valence-electron chi connectivity index (χ3n) is 5.29. The molecule has 0 bridgehead atoms. The predicted molar refractivity (Wildman–Crippen MR) is 135 cm³/mol. The van der Waals surface area contributed by atoms with Crippen molar-refractivity contribution in [3.8, 4) is 5.75 Å². The molecule has 0 saturated carbocycles. The van der Waals surface area contributed by atoms with Gasteiger partial charge in [0.15, 0.2) is 0 Å². The van der Waals surface area contributed by atoms with Crippen LogP contribution in [0.1, 0.15) is 31.8 Å². The molecule has 0 aliphatic carbocycles. The third-order valence-corrected chi connectivity index (χ3v) is 5.29. The summed E-state index contributed by atoms with van der Waals surface area (Å²) in [6, 6.07) is 23.0. The highest BCUT2D eigenvalue weighted by Gasteiger charge is 2.14. The van der Waals surface area contributed by atoms with Crippen LogP contribution in [0.15, 0.2) is 90.0 Å². The minimum atomic E-state index is -0.569. The van der Waals surface area contributed by atoms with Gasteiger partial charge < -0.3 is 10.1 Å². The van der Waals surface area contributed by atoms with Gasteiger partial charge in [0.05, 0.1) is 18.3 Å². The first-order valence-corrected chi connectivity index (χ1v) is 11.1. The van der Waals surface area contributed by atoms with E-state index in [0.29, 0.717) is 11.1 Å². The third kappa shape index (κ3) is 5.98. The van der Waals surface area contributed by atoms with Gasteiger partial charge in [-0.2, -0.15) is 5.10 Å². The van der Waals surface area contributed by atoms with Crippen molar-refractivity contribution in [3.05, 3.63) is 113 Å². The molecule has 0 saturated heterocycles. The fourth-order valence-electron chi connectivity index (χ4n) is 3.50. The quantitative estimate of drug-likeness (QED) is 0.176. The van der Waals surface area contributed by atoms with Gasteiger partial charge in [-0.15, -0.1) is 0 Å². The number of hydrogen-bond donors (Lipinski definition) is 2. The molecule has 4 rings (SSSR count). The maximum absolute atomic E-state index is 13.0. The summed E-state index contributed by atoms with van der Waals surface area (Å²) in [5.41, 5.74) is 4.42. The smallest absolute Gasteiger partial charge is 0.343 e. The first-order valence-electron chi connectivity index (χ1n) is 11.1. The number of rotatable bonds is 7. The highest BCUT2D eigenvalue weighted by molar-refractivity contribution is 6.04. The van der Waals surface area contributed by atoms with E-state index >= 15 is 0 Å². The van der Waals surface area contributed by atoms with Crippen LogP contribution in [0.3, 0.4) is 0 Å². The molecule has 0 spiro atoms. The first kappa shape index (κ1) is 24.3. The minimum Gasteiger partial charge on any atom is -0.422 e. The standard InChI is InChI=1S/C28H22FN3O4/c1-18-5-4-7-21(15-18)28(35)36-25-14-11-19-6-2-3-8-23(19)24(25)16-31-32-26(33)17-30-27(34)20-9-12-22(29)13-10-20/h2-16H,17H2,1H3,(H,30,34)(H,32,33). The van der Waals surface area contributed by atoms with E-state index in [9.17, 15) is 18.8 Å². The van der Waals surface area contributed by atoms with Gasteiger partial charge in [0.1, 0.15) is 11.6 Å². The van der Waals surface area contributed by atoms with Gasteiger partial charge in [0, 0.05) is 11.1 Å². The zero-order valence-electron chi connectivity index (χ0n) is 19.3. The van der Waals surface area contributed by atoms with Crippen LogP contribution in [-0.4, -0.2) is 30.5 Å². The Morgan fingerprint density at radius 2 is 1.69 bits per heavy atom. The van der Waals surface area contributed by atoms with Gasteiger partial charge in [-0.1, -0.05) is 48.0 Å². The van der Waals surface area contributed by atoms with Gasteiger partial charge >= 0.3 is 5.97 Å². The number of amides is 2. The second-order valence-electron chi connectivity index (χ2n) is 7.94. The van der Waals surface area contributed by atoms with E-state index in [2.05, 4.69) is 15.8 Å². The van der Waals surface area contributed by atoms with Crippen molar-refractivity contribution in [2.45, 2.75) is 6.92 Å². The number of hydrogen-bond acceptors (Lipinski definition) is 5. The number of hydrazone groups is 1. The topological polar surface area (TPSA) is 96.9 Å². The van der Waals surface area contributed by atoms with Crippen LogP contribution >= 0.6 is 0 Å². The maximum Gasteiger partial charge on any atom is 0.343 e. The largest absolute Gasteiger partial charge is 0.422 e. The van der Waals surface area contributed by atoms with Crippen molar-refractivity contribution < 1.29 is 23.5 Å². The number of nitrogens with one attached hydrogen (secondary N) is 2. The molecule has 0 aromatic heterocycles. The van der Waals surface area contributed by atoms with E-state index in [1.807, 2.05) is 43.3 Å². The molecule has 0 unspecified atom stereocenters. The number of ether oxygens (including phenoxy) is 1. The average Bonchev–Trinajstić information content (AvgIpc) is 2.88. The molecule has 0 aliphatic rings. The fraction of sp³-hybridized carbons (Fsp3) is 0.0714. The van der Waals surface area contributed by atoms with Crippen LogP contribution in [0.25, 0.3) is 10.8 Å². The van der Waals surface area contributed by atoms with E-state index in [-0.39, 0.29) is 17.9 Å². The van der Waals surface area contributed by atoms with E-state index in [0.717, 1.165) is 28.5 Å². The van der Waals surface area contributed by atoms with Crippen molar-refractivity contribution in [2.75, 3.05) is 6.54 Å². The van der Waals surface area contributed by atoms with Crippen LogP contribution < -0.4 is 15.5 Å². The Morgan fingerprint density at radius 1 is 0.917 bits per heavy atom. The van der Waals surface area contributed by atoms with Gasteiger partial charge in [-0.3, -0.25) is 9.59 Å². The number of benzene rings is 4. The van der Waals surface area contributed by atoms with Crippen LogP contribution in [-0.2, 0) is 4.79 Å². The number of esters is 1. The van der Waals surface area contributed by atoms with Crippen molar-refractivity contribution in [1.29, 1.82) is 0 Å². The molecule has 0 atom stereocenters. The van der Waals surface area contributed by atoms with Crippen LogP contribution in [0.4, 0.5) is 4.39 Å². The van der Waals surface area contributed by atoms with Crippen molar-refractivity contribution in [1.82, 2.24) is 10.7 Å². The van der Waals surface area contributed by atoms with Gasteiger partial charge in [0.25, 0.3) is 11.8 Å². The zero-order valence-corrected chi connectivity index (χ0v) is 19.3. The lowest BCUT2D eigenvalue weighted by atomic mass is 10.0. The molecule has 0 heterocycles. The van der Waals surface area contributed by atoms with Crippen LogP contribution in [0.5, 0.6) is 5.75 Å². The van der Waals surface area contributed by atoms with Crippen molar-refractivity contribution in [3.63, 3.8) is 0 Å². The molecular weight excluding hydrogens is 461 g/mol. The number of aryl methyl sites for hydroxylation is 1. The summed E-state index contributed by atoms with van der Waals surface area (Å²) >= 11 is 0. The summed E-state index contributed by atoms with van der Waals surface area (Å²) in [4.78, 5) is 37.0. The Morgan fingerprint density at radius 3 is 2.47 bits per heavy atom. The van der Waals surface area contributed by atoms with Gasteiger partial charge in [-0.25, -0.2) is 14.6 Å². The molecule has 180 valence electrons. The lowest BCUT2D eigenvalue weighted by Gasteiger charge is -2.11. The lowest BCUT2D eigenvalue weighted by molar-refractivity contribution is -0.120. The number of carbonyl (C=O) groups is 3. The average molecular weight is 483 g/mol. The summed E-state index contributed by atoms with van der Waals surface area (Å²) in [6.45, 7) is 1.55. The zero-order chi connectivity index (χ0) is 25.5. The Hall–Kier alpha value is -4.85. The molecule has 4 aromatic rings. The van der Waals surface area contributed by atoms with Crippen molar-refractivity contribution in [2.24, 2.45) is 5.10 Å². The van der Waals surface area contributed by atoms with E-state index in [1.54, 1.807) is 24.3 Å². The normalized spacial score (nSPS) is 10.8. The molecule has 36 heavy (non-hydrogen) atoms. The van der Waals surface area contributed by atoms with Crippen LogP contribution in [0.2, 0.25) is 0 Å². The highest BCUT2D eigenvalue weighted by Crippen LogP contribution is 2.27. The molecule has 0 aliphatic heterocycles. The summed E-state index contributed by atoms with van der Waals surface area (Å²) in [7, 11) is 0. The second kappa shape index (κ2) is 11.1. The van der Waals surface area contributed by atoms with E-state index in [4.69, 9.17) is 4.74 Å². The van der Waals surface area contributed by atoms with E-state index in [1.165, 1.54) is 18.3 Å². The summed E-state index contributed by atoms with van der Waals surface area (Å²) in [6.07, 6.45) is 1.39. The predicted octanol–water partition coefficient (Wildman–Crippen LogP) is 4.39. The Labute approximate surface area is 206 Å². The van der Waals surface area contributed by atoms with Crippen LogP contribution in [0, 0.1) is 12.7 Å². The number of nitrogens with zero attached hydrogens (tertiary/aromatic N) is 1. The van der Waals surface area contributed by atoms with E-state index < -0.39 is 23.6 Å². The Bertz CT molecular complexity index is 1470. The Kier molecular flexibility index (Phi) is 7.45. The molecule has 7 nitrogen and oxygen atoms in total. The van der Waals surface area contributed by atoms with Gasteiger partial charge in [0.2, 0.25) is 0 Å². The highest BCUT2D eigenvalue weighted by atomic mass is 19.1. The SMILES string of the molecule is Cc1cccc(C(=O)Oc2ccc3ccccc3c2C=NNC(=O)CNC(=O)c2ccc(F)cc2)c1. The lowest BCUT2D eigenvalue weighted by Crippen LogP contribution is -2.34. The van der Waals surface area contributed by atoms with Gasteiger partial charge in [-0.05, 0) is 60.2 Å². The maximum atomic E-state index is 13.0. The summed E-state index contributed by atoms with van der Waals surface area (Å²) in [5, 5.41) is 8.10. The monoisotopic (exact) mass is 483 g/mol. The number of fused-ring (bicyclic) bond motifs is 1. The number of carbonyl (C=O) groups excluding carboxylic acids is 3. The second-order valence-corrected chi connectivity index (χ2v) is 7.94. The molecule has 2 N–H and O–H groups in total. The molecule has 4 aromatic carbocycles. The molecule has 0 fully saturated rings. The summed E-state index contributed by atoms with van der Waals surface area (Å²) in [5.74, 6) is -1.79. The molecule has 8 heteroatoms. The molecule has 0 radical (unpaired) electrons. The summed E-state index contributed by atoms with van der Waals surface area (Å²) < 4.78 is 18.7. The molecular formula is C28H22FN3O4. The fourth-order valence-corrected chi connectivity index (χ4v) is 3.50. The van der Waals surface area contributed by atoms with Crippen molar-refractivity contribution >= 4 is 34.8 Å².